The van der Waals surface area contributed by atoms with Crippen LogP contribution in [0.25, 0.3) is 28.1 Å². The van der Waals surface area contributed by atoms with Gasteiger partial charge in [-0.05, 0) is 42.7 Å². The average molecular weight is 429 g/mol. The van der Waals surface area contributed by atoms with Gasteiger partial charge in [-0.25, -0.2) is 4.98 Å². The average Bonchev–Trinajstić information content (AvgIpc) is 3.26. The van der Waals surface area contributed by atoms with Crippen molar-refractivity contribution in [2.45, 2.75) is 44.7 Å². The Labute approximate surface area is 182 Å². The van der Waals surface area contributed by atoms with E-state index in [2.05, 4.69) is 50.8 Å². The monoisotopic (exact) mass is 428 g/mol. The van der Waals surface area contributed by atoms with Gasteiger partial charge in [0.15, 0.2) is 0 Å². The molecule has 6 heteroatoms. The van der Waals surface area contributed by atoms with E-state index in [0.29, 0.717) is 6.04 Å². The molecule has 152 valence electrons. The van der Waals surface area contributed by atoms with E-state index < -0.39 is 0 Å². The minimum Gasteiger partial charge on any atom is -0.312 e. The lowest BCUT2D eigenvalue weighted by molar-refractivity contribution is 0.369. The molecule has 0 amide bonds. The topological polar surface area (TPSA) is 34.3 Å². The van der Waals surface area contributed by atoms with Gasteiger partial charge in [0.1, 0.15) is 0 Å². The van der Waals surface area contributed by atoms with Gasteiger partial charge in [-0.2, -0.15) is 0 Å². The molecule has 1 aliphatic carbocycles. The first kappa shape index (κ1) is 20.3. The zero-order valence-electron chi connectivity index (χ0n) is 16.4. The Bertz CT molecular complexity index is 1090. The molecule has 0 saturated heterocycles. The van der Waals surface area contributed by atoms with Gasteiger partial charge in [0.2, 0.25) is 5.78 Å². The van der Waals surface area contributed by atoms with Gasteiger partial charge in [-0.15, -0.1) is 12.4 Å². The van der Waals surface area contributed by atoms with E-state index in [1.54, 1.807) is 0 Å². The van der Waals surface area contributed by atoms with Gasteiger partial charge in [-0.3, -0.25) is 4.40 Å². The summed E-state index contributed by atoms with van der Waals surface area (Å²) in [5, 5.41) is 4.53. The van der Waals surface area contributed by atoms with E-state index in [4.69, 9.17) is 16.6 Å². The maximum absolute atomic E-state index is 6.11. The Kier molecular flexibility index (Phi) is 6.14. The fraction of sp³-hybridized carbons (Fsp3) is 0.348. The first-order valence-corrected chi connectivity index (χ1v) is 10.6. The van der Waals surface area contributed by atoms with E-state index in [0.717, 1.165) is 40.5 Å². The van der Waals surface area contributed by atoms with Crippen molar-refractivity contribution >= 4 is 40.8 Å². The minimum atomic E-state index is 0. The summed E-state index contributed by atoms with van der Waals surface area (Å²) in [6.45, 7) is 1.85. The van der Waals surface area contributed by atoms with Crippen molar-refractivity contribution < 1.29 is 0 Å². The van der Waals surface area contributed by atoms with Crippen LogP contribution in [-0.2, 0) is 6.54 Å². The molecule has 0 atom stereocenters. The molecule has 2 aromatic carbocycles. The molecule has 1 fully saturated rings. The van der Waals surface area contributed by atoms with Crippen LogP contribution in [0.3, 0.4) is 0 Å². The molecule has 1 saturated carbocycles. The van der Waals surface area contributed by atoms with Crippen molar-refractivity contribution in [2.24, 2.45) is 0 Å². The molecule has 1 N–H and O–H groups in total. The molecule has 0 spiro atoms. The summed E-state index contributed by atoms with van der Waals surface area (Å²) in [6, 6.07) is 17.1. The molecule has 2 aromatic heterocycles. The van der Waals surface area contributed by atoms with Crippen molar-refractivity contribution in [3.63, 3.8) is 0 Å². The standard InChI is InChI=1S/C23H25ClN4.ClH/c24-18-12-10-17(11-13-18)22-16-28-21-9-5-4-8-20(21)26-23(28)27(22)15-14-25-19-6-2-1-3-7-19;/h4-5,8-13,16,19,25H,1-3,6-7,14-15H2;1H. The molecule has 0 radical (unpaired) electrons. The Balaban J connectivity index is 0.00000205. The van der Waals surface area contributed by atoms with Gasteiger partial charge in [0.05, 0.1) is 16.7 Å². The highest BCUT2D eigenvalue weighted by molar-refractivity contribution is 6.30. The number of hydrogen-bond acceptors (Lipinski definition) is 2. The van der Waals surface area contributed by atoms with Crippen LogP contribution in [0.15, 0.2) is 54.7 Å². The molecule has 5 rings (SSSR count). The second kappa shape index (κ2) is 8.78. The van der Waals surface area contributed by atoms with Crippen LogP contribution < -0.4 is 5.32 Å². The Morgan fingerprint density at radius 3 is 2.55 bits per heavy atom. The number of imidazole rings is 2. The van der Waals surface area contributed by atoms with Gasteiger partial charge in [-0.1, -0.05) is 55.1 Å². The summed E-state index contributed by atoms with van der Waals surface area (Å²) in [5.41, 5.74) is 4.52. The smallest absolute Gasteiger partial charge is 0.215 e. The molecular weight excluding hydrogens is 403 g/mol. The van der Waals surface area contributed by atoms with Crippen LogP contribution in [0.5, 0.6) is 0 Å². The lowest BCUT2D eigenvalue weighted by atomic mass is 9.95. The van der Waals surface area contributed by atoms with Crippen LogP contribution >= 0.6 is 24.0 Å². The molecule has 0 bridgehead atoms. The molecule has 2 heterocycles. The fourth-order valence-corrected chi connectivity index (χ4v) is 4.53. The summed E-state index contributed by atoms with van der Waals surface area (Å²) in [5.74, 6) is 0.997. The van der Waals surface area contributed by atoms with E-state index in [9.17, 15) is 0 Å². The van der Waals surface area contributed by atoms with E-state index in [1.165, 1.54) is 37.8 Å². The van der Waals surface area contributed by atoms with Gasteiger partial charge < -0.3 is 9.88 Å². The normalized spacial score (nSPS) is 15.1. The number of rotatable bonds is 5. The maximum atomic E-state index is 6.11. The second-order valence-corrected chi connectivity index (χ2v) is 8.17. The number of hydrogen-bond donors (Lipinski definition) is 1. The van der Waals surface area contributed by atoms with Crippen molar-refractivity contribution in [1.29, 1.82) is 0 Å². The molecule has 4 nitrogen and oxygen atoms in total. The predicted octanol–water partition coefficient (Wildman–Crippen LogP) is 5.95. The van der Waals surface area contributed by atoms with Crippen LogP contribution in [0, 0.1) is 0 Å². The predicted molar refractivity (Wildman–Crippen MR) is 123 cm³/mol. The van der Waals surface area contributed by atoms with Crippen molar-refractivity contribution in [3.8, 4) is 11.3 Å². The molecule has 4 aromatic rings. The minimum absolute atomic E-state index is 0. The first-order valence-electron chi connectivity index (χ1n) is 10.3. The SMILES string of the molecule is Cl.Clc1ccc(-c2cn3c4ccccc4nc3n2CCNC2CCCCC2)cc1. The third-order valence-electron chi connectivity index (χ3n) is 5.87. The van der Waals surface area contributed by atoms with E-state index in [1.807, 2.05) is 18.2 Å². The zero-order chi connectivity index (χ0) is 18.9. The van der Waals surface area contributed by atoms with Crippen LogP contribution in [-0.4, -0.2) is 26.5 Å². The maximum Gasteiger partial charge on any atom is 0.215 e. The van der Waals surface area contributed by atoms with Gasteiger partial charge in [0, 0.05) is 30.4 Å². The van der Waals surface area contributed by atoms with Gasteiger partial charge in [0.25, 0.3) is 0 Å². The third kappa shape index (κ3) is 4.02. The summed E-state index contributed by atoms with van der Waals surface area (Å²) in [7, 11) is 0. The van der Waals surface area contributed by atoms with Crippen molar-refractivity contribution in [2.75, 3.05) is 6.54 Å². The quantitative estimate of drug-likeness (QED) is 0.425. The van der Waals surface area contributed by atoms with Crippen LogP contribution in [0.4, 0.5) is 0 Å². The second-order valence-electron chi connectivity index (χ2n) is 7.73. The Morgan fingerprint density at radius 1 is 1.00 bits per heavy atom. The number of benzene rings is 2. The Hall–Kier alpha value is -2.01. The largest absolute Gasteiger partial charge is 0.312 e. The molecular formula is C23H26Cl2N4. The van der Waals surface area contributed by atoms with E-state index >= 15 is 0 Å². The highest BCUT2D eigenvalue weighted by Crippen LogP contribution is 2.27. The van der Waals surface area contributed by atoms with Crippen LogP contribution in [0.1, 0.15) is 32.1 Å². The van der Waals surface area contributed by atoms with Gasteiger partial charge >= 0.3 is 0 Å². The summed E-state index contributed by atoms with van der Waals surface area (Å²) >= 11 is 6.11. The summed E-state index contributed by atoms with van der Waals surface area (Å²) < 4.78 is 4.54. The number of nitrogens with zero attached hydrogens (tertiary/aromatic N) is 3. The molecule has 1 aliphatic rings. The fourth-order valence-electron chi connectivity index (χ4n) is 4.41. The van der Waals surface area contributed by atoms with Crippen molar-refractivity contribution in [3.05, 3.63) is 59.8 Å². The molecule has 0 unspecified atom stereocenters. The first-order chi connectivity index (χ1) is 13.8. The lowest BCUT2D eigenvalue weighted by Gasteiger charge is -2.23. The van der Waals surface area contributed by atoms with Crippen LogP contribution in [0.2, 0.25) is 5.02 Å². The zero-order valence-corrected chi connectivity index (χ0v) is 17.9. The number of para-hydroxylation sites is 2. The highest BCUT2D eigenvalue weighted by atomic mass is 35.5. The summed E-state index contributed by atoms with van der Waals surface area (Å²) in [4.78, 5) is 4.92. The van der Waals surface area contributed by atoms with Crippen molar-refractivity contribution in [1.82, 2.24) is 19.3 Å². The number of nitrogens with one attached hydrogen (secondary N) is 1. The Morgan fingerprint density at radius 2 is 1.76 bits per heavy atom. The number of fused-ring (bicyclic) bond motifs is 3. The summed E-state index contributed by atoms with van der Waals surface area (Å²) in [6.07, 6.45) is 8.91. The highest BCUT2D eigenvalue weighted by Gasteiger charge is 2.17. The third-order valence-corrected chi connectivity index (χ3v) is 6.13. The number of aromatic nitrogens is 3. The lowest BCUT2D eigenvalue weighted by Crippen LogP contribution is -2.33. The molecule has 0 aliphatic heterocycles. The number of halogens is 2. The molecule has 29 heavy (non-hydrogen) atoms. The van der Waals surface area contributed by atoms with E-state index in [-0.39, 0.29) is 12.4 Å².